The number of pyridine rings is 1. The Morgan fingerprint density at radius 1 is 1.25 bits per heavy atom. The van der Waals surface area contributed by atoms with E-state index in [-0.39, 0.29) is 13.2 Å². The van der Waals surface area contributed by atoms with Gasteiger partial charge in [-0.2, -0.15) is 13.2 Å². The van der Waals surface area contributed by atoms with Crippen LogP contribution < -0.4 is 5.73 Å². The predicted molar refractivity (Wildman–Crippen MR) is 52.5 cm³/mol. The second-order valence-corrected chi connectivity index (χ2v) is 3.24. The summed E-state index contributed by atoms with van der Waals surface area (Å²) in [6.45, 7) is 0.0261. The van der Waals surface area contributed by atoms with Crippen LogP contribution in [-0.2, 0) is 17.9 Å². The number of halogens is 3. The van der Waals surface area contributed by atoms with Gasteiger partial charge in [0.25, 0.3) is 0 Å². The van der Waals surface area contributed by atoms with Crippen molar-refractivity contribution >= 4 is 0 Å². The van der Waals surface area contributed by atoms with Crippen molar-refractivity contribution in [2.45, 2.75) is 25.7 Å². The largest absolute Gasteiger partial charge is 0.391 e. The smallest absolute Gasteiger partial charge is 0.375 e. The second kappa shape index (κ2) is 5.81. The molecule has 1 aromatic heterocycles. The number of rotatable bonds is 5. The van der Waals surface area contributed by atoms with Crippen LogP contribution in [0.4, 0.5) is 13.2 Å². The lowest BCUT2D eigenvalue weighted by Crippen LogP contribution is -2.12. The summed E-state index contributed by atoms with van der Waals surface area (Å²) in [5.74, 6) is 0. The van der Waals surface area contributed by atoms with Gasteiger partial charge in [0.1, 0.15) is 0 Å². The quantitative estimate of drug-likeness (QED) is 0.793. The minimum absolute atomic E-state index is 0.0733. The maximum atomic E-state index is 11.8. The summed E-state index contributed by atoms with van der Waals surface area (Å²) < 4.78 is 40.2. The molecule has 3 nitrogen and oxygen atoms in total. The SMILES string of the molecule is NCc1cccc(COCCC(F)(F)F)n1. The highest BCUT2D eigenvalue weighted by atomic mass is 19.4. The lowest BCUT2D eigenvalue weighted by atomic mass is 10.3. The fourth-order valence-corrected chi connectivity index (χ4v) is 1.09. The highest BCUT2D eigenvalue weighted by Crippen LogP contribution is 2.19. The molecule has 0 unspecified atom stereocenters. The van der Waals surface area contributed by atoms with Gasteiger partial charge >= 0.3 is 6.18 Å². The van der Waals surface area contributed by atoms with Crippen molar-refractivity contribution in [2.75, 3.05) is 6.61 Å². The molecule has 16 heavy (non-hydrogen) atoms. The first-order valence-corrected chi connectivity index (χ1v) is 4.80. The molecule has 90 valence electrons. The molecule has 0 aliphatic rings. The topological polar surface area (TPSA) is 48.1 Å². The summed E-state index contributed by atoms with van der Waals surface area (Å²) in [6, 6.07) is 5.18. The fourth-order valence-electron chi connectivity index (χ4n) is 1.09. The first-order chi connectivity index (χ1) is 7.51. The number of hydrogen-bond donors (Lipinski definition) is 1. The van der Waals surface area contributed by atoms with Gasteiger partial charge in [-0.05, 0) is 12.1 Å². The summed E-state index contributed by atoms with van der Waals surface area (Å²) in [6.07, 6.45) is -5.11. The zero-order chi connectivity index (χ0) is 12.0. The summed E-state index contributed by atoms with van der Waals surface area (Å²) in [5, 5.41) is 0. The predicted octanol–water partition coefficient (Wildman–Crippen LogP) is 2.01. The maximum absolute atomic E-state index is 11.8. The van der Waals surface area contributed by atoms with Crippen molar-refractivity contribution in [1.29, 1.82) is 0 Å². The average Bonchev–Trinajstić information content (AvgIpc) is 2.23. The van der Waals surface area contributed by atoms with Crippen molar-refractivity contribution in [1.82, 2.24) is 4.98 Å². The summed E-state index contributed by atoms with van der Waals surface area (Å²) in [4.78, 5) is 4.09. The Labute approximate surface area is 91.4 Å². The highest BCUT2D eigenvalue weighted by molar-refractivity contribution is 5.10. The van der Waals surface area contributed by atoms with Crippen molar-refractivity contribution < 1.29 is 17.9 Å². The van der Waals surface area contributed by atoms with E-state index in [0.717, 1.165) is 0 Å². The van der Waals surface area contributed by atoms with Gasteiger partial charge in [-0.15, -0.1) is 0 Å². The van der Waals surface area contributed by atoms with Crippen LogP contribution in [0.15, 0.2) is 18.2 Å². The molecule has 0 saturated heterocycles. The Morgan fingerprint density at radius 2 is 1.94 bits per heavy atom. The molecule has 0 atom stereocenters. The third-order valence-electron chi connectivity index (χ3n) is 1.85. The zero-order valence-corrected chi connectivity index (χ0v) is 8.63. The van der Waals surface area contributed by atoms with Gasteiger partial charge in [0, 0.05) is 6.54 Å². The molecule has 0 radical (unpaired) electrons. The van der Waals surface area contributed by atoms with Crippen molar-refractivity contribution in [3.8, 4) is 0 Å². The van der Waals surface area contributed by atoms with E-state index < -0.39 is 12.6 Å². The van der Waals surface area contributed by atoms with E-state index in [2.05, 4.69) is 4.98 Å². The second-order valence-electron chi connectivity index (χ2n) is 3.24. The third-order valence-corrected chi connectivity index (χ3v) is 1.85. The molecular weight excluding hydrogens is 221 g/mol. The molecule has 0 fully saturated rings. The first kappa shape index (κ1) is 12.9. The van der Waals surface area contributed by atoms with Crippen molar-refractivity contribution in [3.63, 3.8) is 0 Å². The first-order valence-electron chi connectivity index (χ1n) is 4.80. The Balaban J connectivity index is 2.32. The van der Waals surface area contributed by atoms with Gasteiger partial charge in [-0.25, -0.2) is 0 Å². The van der Waals surface area contributed by atoms with E-state index in [1.807, 2.05) is 0 Å². The zero-order valence-electron chi connectivity index (χ0n) is 8.63. The van der Waals surface area contributed by atoms with E-state index in [4.69, 9.17) is 10.5 Å². The Bertz CT molecular complexity index is 328. The van der Waals surface area contributed by atoms with Gasteiger partial charge in [-0.3, -0.25) is 4.98 Å². The summed E-state index contributed by atoms with van der Waals surface area (Å²) in [5.41, 5.74) is 6.66. The molecule has 1 aromatic rings. The average molecular weight is 234 g/mol. The number of aromatic nitrogens is 1. The number of hydrogen-bond acceptors (Lipinski definition) is 3. The van der Waals surface area contributed by atoms with Gasteiger partial charge in [0.05, 0.1) is 31.0 Å². The number of alkyl halides is 3. The van der Waals surface area contributed by atoms with E-state index in [0.29, 0.717) is 17.9 Å². The maximum Gasteiger partial charge on any atom is 0.391 e. The van der Waals surface area contributed by atoms with E-state index in [1.54, 1.807) is 18.2 Å². The molecule has 0 bridgehead atoms. The minimum Gasteiger partial charge on any atom is -0.375 e. The van der Waals surface area contributed by atoms with Crippen LogP contribution in [0.3, 0.4) is 0 Å². The Kier molecular flexibility index (Phi) is 4.70. The van der Waals surface area contributed by atoms with Gasteiger partial charge in [-0.1, -0.05) is 6.07 Å². The van der Waals surface area contributed by atoms with E-state index in [9.17, 15) is 13.2 Å². The molecule has 1 heterocycles. The minimum atomic E-state index is -4.17. The molecule has 6 heteroatoms. The van der Waals surface area contributed by atoms with Crippen molar-refractivity contribution in [2.24, 2.45) is 5.73 Å². The van der Waals surface area contributed by atoms with Gasteiger partial charge in [0.2, 0.25) is 0 Å². The number of nitrogens with zero attached hydrogens (tertiary/aromatic N) is 1. The van der Waals surface area contributed by atoms with Crippen LogP contribution in [0.25, 0.3) is 0 Å². The van der Waals surface area contributed by atoms with E-state index in [1.165, 1.54) is 0 Å². The lowest BCUT2D eigenvalue weighted by molar-refractivity contribution is -0.146. The molecule has 0 aliphatic heterocycles. The van der Waals surface area contributed by atoms with Crippen LogP contribution in [0.5, 0.6) is 0 Å². The van der Waals surface area contributed by atoms with E-state index >= 15 is 0 Å². The molecule has 0 saturated carbocycles. The van der Waals surface area contributed by atoms with Crippen LogP contribution in [0, 0.1) is 0 Å². The highest BCUT2D eigenvalue weighted by Gasteiger charge is 2.26. The summed E-state index contributed by atoms with van der Waals surface area (Å²) in [7, 11) is 0. The molecule has 2 N–H and O–H groups in total. The molecule has 0 amide bonds. The van der Waals surface area contributed by atoms with Crippen LogP contribution in [-0.4, -0.2) is 17.8 Å². The third kappa shape index (κ3) is 5.09. The van der Waals surface area contributed by atoms with Gasteiger partial charge in [0.15, 0.2) is 0 Å². The number of nitrogens with two attached hydrogens (primary N) is 1. The molecular formula is C10H13F3N2O. The van der Waals surface area contributed by atoms with Gasteiger partial charge < -0.3 is 10.5 Å². The Hall–Kier alpha value is -1.14. The normalized spacial score (nSPS) is 11.8. The fraction of sp³-hybridized carbons (Fsp3) is 0.500. The van der Waals surface area contributed by atoms with Crippen LogP contribution in [0.2, 0.25) is 0 Å². The molecule has 1 rings (SSSR count). The van der Waals surface area contributed by atoms with Crippen LogP contribution >= 0.6 is 0 Å². The summed E-state index contributed by atoms with van der Waals surface area (Å²) >= 11 is 0. The monoisotopic (exact) mass is 234 g/mol. The molecule has 0 spiro atoms. The lowest BCUT2D eigenvalue weighted by Gasteiger charge is -2.07. The van der Waals surface area contributed by atoms with Crippen molar-refractivity contribution in [3.05, 3.63) is 29.6 Å². The van der Waals surface area contributed by atoms with Crippen LogP contribution in [0.1, 0.15) is 17.8 Å². The molecule has 0 aromatic carbocycles. The standard InChI is InChI=1S/C10H13F3N2O/c11-10(12,13)4-5-16-7-9-3-1-2-8(6-14)15-9/h1-3H,4-7,14H2. The molecule has 0 aliphatic carbocycles. The number of ether oxygens (including phenoxy) is 1. The Morgan fingerprint density at radius 3 is 2.56 bits per heavy atom.